The number of nitrogens with one attached hydrogen (secondary N) is 1. The molecule has 9 nitrogen and oxygen atoms in total. The van der Waals surface area contributed by atoms with Crippen molar-refractivity contribution in [2.24, 2.45) is 4.99 Å². The fraction of sp³-hybridized carbons (Fsp3) is 0.320. The second-order valence-electron chi connectivity index (χ2n) is 7.29. The molecule has 0 spiro atoms. The minimum Gasteiger partial charge on any atom is -0.492 e. The average molecular weight is 469 g/mol. The summed E-state index contributed by atoms with van der Waals surface area (Å²) in [5.74, 6) is -0.629. The van der Waals surface area contributed by atoms with Gasteiger partial charge in [0.05, 0.1) is 11.4 Å². The monoisotopic (exact) mass is 468 g/mol. The maximum atomic E-state index is 9.55. The van der Waals surface area contributed by atoms with E-state index in [1.807, 2.05) is 42.5 Å². The minimum absolute atomic E-state index is 0.558. The fourth-order valence-corrected chi connectivity index (χ4v) is 3.12. The Morgan fingerprint density at radius 2 is 1.65 bits per heavy atom. The number of hydrogen-bond acceptors (Lipinski definition) is 6. The number of rotatable bonds is 10. The molecular formula is C25H32N4O5. The van der Waals surface area contributed by atoms with Crippen molar-refractivity contribution >= 4 is 29.1 Å². The number of aliphatic imine (C=N–C) groups is 1. The van der Waals surface area contributed by atoms with Gasteiger partial charge in [-0.2, -0.15) is 0 Å². The number of hydrogen-bond donors (Lipinski definition) is 3. The van der Waals surface area contributed by atoms with Crippen molar-refractivity contribution in [1.29, 1.82) is 0 Å². The summed E-state index contributed by atoms with van der Waals surface area (Å²) in [4.78, 5) is 26.2. The lowest BCUT2D eigenvalue weighted by Gasteiger charge is -2.18. The van der Waals surface area contributed by atoms with Gasteiger partial charge in [0.25, 0.3) is 0 Å². The third-order valence-electron chi connectivity index (χ3n) is 4.94. The number of hydrazine groups is 1. The number of benzene rings is 2. The number of nitrogens with zero attached hydrogens (tertiary/aromatic N) is 3. The van der Waals surface area contributed by atoms with Gasteiger partial charge >= 0.3 is 11.9 Å². The molecule has 2 aromatic carbocycles. The number of ether oxygens (including phenoxy) is 1. The lowest BCUT2D eigenvalue weighted by molar-refractivity contribution is -0.134. The summed E-state index contributed by atoms with van der Waals surface area (Å²) in [6, 6.07) is 18.3. The Labute approximate surface area is 200 Å². The highest BCUT2D eigenvalue weighted by molar-refractivity contribution is 5.90. The zero-order valence-corrected chi connectivity index (χ0v) is 19.6. The Bertz CT molecular complexity index is 941. The third-order valence-corrected chi connectivity index (χ3v) is 4.94. The van der Waals surface area contributed by atoms with E-state index in [-0.39, 0.29) is 0 Å². The first kappa shape index (κ1) is 26.4. The lowest BCUT2D eigenvalue weighted by Crippen LogP contribution is -2.32. The molecule has 0 amide bonds. The molecule has 0 aliphatic carbocycles. The second kappa shape index (κ2) is 14.3. The van der Waals surface area contributed by atoms with Crippen LogP contribution in [0.2, 0.25) is 0 Å². The standard InChI is InChI=1S/C21H28N4O.C4H4O4/c1-3-24(4-2)16-17-26-20-12-10-18(11-13-20)22-21-14-15-25(23-21)19-8-6-5-7-9-19;5-3(6)1-2-4(7)8/h5-13H,3-4,14-17H2,1-2H3,(H,22,23);1-2H,(H,5,6)(H,7,8). The number of carbonyl (C=O) groups is 2. The molecule has 3 rings (SSSR count). The molecule has 0 aromatic heterocycles. The molecule has 9 heteroatoms. The fourth-order valence-electron chi connectivity index (χ4n) is 3.12. The molecule has 182 valence electrons. The van der Waals surface area contributed by atoms with Crippen molar-refractivity contribution in [3.05, 3.63) is 66.7 Å². The molecular weight excluding hydrogens is 436 g/mol. The number of aliphatic carboxylic acids is 2. The Morgan fingerprint density at radius 1 is 1.03 bits per heavy atom. The van der Waals surface area contributed by atoms with Crippen LogP contribution in [-0.2, 0) is 9.59 Å². The Hall–Kier alpha value is -3.85. The largest absolute Gasteiger partial charge is 0.492 e. The quantitative estimate of drug-likeness (QED) is 0.454. The zero-order valence-electron chi connectivity index (χ0n) is 19.6. The van der Waals surface area contributed by atoms with Gasteiger partial charge in [-0.3, -0.25) is 10.4 Å². The molecule has 0 bridgehead atoms. The summed E-state index contributed by atoms with van der Waals surface area (Å²) >= 11 is 0. The van der Waals surface area contributed by atoms with Gasteiger partial charge in [-0.15, -0.1) is 0 Å². The highest BCUT2D eigenvalue weighted by Gasteiger charge is 2.17. The van der Waals surface area contributed by atoms with Gasteiger partial charge in [-0.05, 0) is 49.5 Å². The summed E-state index contributed by atoms with van der Waals surface area (Å²) in [5, 5.41) is 17.8. The van der Waals surface area contributed by atoms with Crippen LogP contribution >= 0.6 is 0 Å². The topological polar surface area (TPSA) is 115 Å². The SMILES string of the molecule is CCN(CC)CCOc1ccc(N=C2CCN(c3ccccc3)N2)cc1.O=C(O)C=CC(=O)O. The van der Waals surface area contributed by atoms with Crippen LogP contribution in [0.25, 0.3) is 0 Å². The first-order chi connectivity index (χ1) is 16.4. The van der Waals surface area contributed by atoms with E-state index in [1.54, 1.807) is 0 Å². The molecule has 0 radical (unpaired) electrons. The van der Waals surface area contributed by atoms with Crippen LogP contribution in [-0.4, -0.2) is 65.7 Å². The number of para-hydroxylation sites is 1. The van der Waals surface area contributed by atoms with Gasteiger partial charge in [0.1, 0.15) is 18.2 Å². The molecule has 1 aliphatic rings. The van der Waals surface area contributed by atoms with E-state index in [0.717, 1.165) is 55.6 Å². The number of anilines is 1. The third kappa shape index (κ3) is 9.74. The second-order valence-corrected chi connectivity index (χ2v) is 7.29. The van der Waals surface area contributed by atoms with Crippen LogP contribution < -0.4 is 15.2 Å². The van der Waals surface area contributed by atoms with Crippen LogP contribution in [0.1, 0.15) is 20.3 Å². The molecule has 3 N–H and O–H groups in total. The van der Waals surface area contributed by atoms with Crippen molar-refractivity contribution in [1.82, 2.24) is 10.3 Å². The molecule has 1 aliphatic heterocycles. The van der Waals surface area contributed by atoms with E-state index >= 15 is 0 Å². The zero-order chi connectivity index (χ0) is 24.8. The number of amidine groups is 1. The van der Waals surface area contributed by atoms with Crippen LogP contribution in [0.5, 0.6) is 5.75 Å². The van der Waals surface area contributed by atoms with Crippen molar-refractivity contribution in [3.63, 3.8) is 0 Å². The van der Waals surface area contributed by atoms with E-state index in [1.165, 1.54) is 0 Å². The molecule has 1 heterocycles. The summed E-state index contributed by atoms with van der Waals surface area (Å²) in [6.45, 7) is 9.06. The molecule has 0 saturated carbocycles. The highest BCUT2D eigenvalue weighted by atomic mass is 16.5. The van der Waals surface area contributed by atoms with Gasteiger partial charge in [0, 0.05) is 31.7 Å². The first-order valence-corrected chi connectivity index (χ1v) is 11.2. The number of likely N-dealkylation sites (N-methyl/N-ethyl adjacent to an activating group) is 1. The molecule has 34 heavy (non-hydrogen) atoms. The predicted octanol–water partition coefficient (Wildman–Crippen LogP) is 3.56. The van der Waals surface area contributed by atoms with Crippen molar-refractivity contribution < 1.29 is 24.5 Å². The van der Waals surface area contributed by atoms with Gasteiger partial charge < -0.3 is 19.8 Å². The smallest absolute Gasteiger partial charge is 0.328 e. The molecule has 0 unspecified atom stereocenters. The van der Waals surface area contributed by atoms with Crippen molar-refractivity contribution in [2.75, 3.05) is 37.8 Å². The Morgan fingerprint density at radius 3 is 2.21 bits per heavy atom. The normalized spacial score (nSPS) is 14.1. The van der Waals surface area contributed by atoms with Gasteiger partial charge in [-0.1, -0.05) is 32.0 Å². The van der Waals surface area contributed by atoms with Crippen LogP contribution in [0.15, 0.2) is 71.7 Å². The highest BCUT2D eigenvalue weighted by Crippen LogP contribution is 2.21. The molecule has 2 aromatic rings. The van der Waals surface area contributed by atoms with Crippen LogP contribution in [0.4, 0.5) is 11.4 Å². The van der Waals surface area contributed by atoms with E-state index in [0.29, 0.717) is 18.8 Å². The van der Waals surface area contributed by atoms with Gasteiger partial charge in [0.2, 0.25) is 0 Å². The Kier molecular flexibility index (Phi) is 11.1. The molecule has 1 fully saturated rings. The summed E-state index contributed by atoms with van der Waals surface area (Å²) in [6.07, 6.45) is 2.03. The first-order valence-electron chi connectivity index (χ1n) is 11.2. The van der Waals surface area contributed by atoms with Gasteiger partial charge in [-0.25, -0.2) is 14.6 Å². The maximum absolute atomic E-state index is 9.55. The van der Waals surface area contributed by atoms with Gasteiger partial charge in [0.15, 0.2) is 0 Å². The van der Waals surface area contributed by atoms with E-state index < -0.39 is 11.9 Å². The maximum Gasteiger partial charge on any atom is 0.328 e. The minimum atomic E-state index is -1.26. The average Bonchev–Trinajstić information content (AvgIpc) is 3.31. The van der Waals surface area contributed by atoms with E-state index in [2.05, 4.69) is 41.3 Å². The van der Waals surface area contributed by atoms with Crippen LogP contribution in [0, 0.1) is 0 Å². The predicted molar refractivity (Wildman–Crippen MR) is 133 cm³/mol. The number of carboxylic acids is 2. The van der Waals surface area contributed by atoms with Crippen molar-refractivity contribution in [2.45, 2.75) is 20.3 Å². The molecule has 1 saturated heterocycles. The lowest BCUT2D eigenvalue weighted by atomic mass is 10.3. The van der Waals surface area contributed by atoms with Crippen LogP contribution in [0.3, 0.4) is 0 Å². The summed E-state index contributed by atoms with van der Waals surface area (Å²) in [7, 11) is 0. The van der Waals surface area contributed by atoms with Crippen molar-refractivity contribution in [3.8, 4) is 5.75 Å². The Balaban J connectivity index is 0.000000440. The van der Waals surface area contributed by atoms with E-state index in [9.17, 15) is 9.59 Å². The summed E-state index contributed by atoms with van der Waals surface area (Å²) in [5.41, 5.74) is 5.48. The number of carboxylic acid groups (broad SMARTS) is 2. The van der Waals surface area contributed by atoms with E-state index in [4.69, 9.17) is 19.9 Å². The molecule has 0 atom stereocenters. The summed E-state index contributed by atoms with van der Waals surface area (Å²) < 4.78 is 5.83.